The molecule has 4 aromatic carbocycles. The van der Waals surface area contributed by atoms with Crippen LogP contribution in [0.3, 0.4) is 0 Å². The zero-order valence-corrected chi connectivity index (χ0v) is 10.3. The van der Waals surface area contributed by atoms with Crippen LogP contribution in [0.1, 0.15) is 0 Å². The first-order valence-corrected chi connectivity index (χ1v) is 6.35. The van der Waals surface area contributed by atoms with E-state index in [1.165, 1.54) is 21.5 Å². The summed E-state index contributed by atoms with van der Waals surface area (Å²) in [7, 11) is 0. The Labute approximate surface area is 110 Å². The van der Waals surface area contributed by atoms with E-state index in [1.807, 2.05) is 12.1 Å². The number of phenols is 1. The van der Waals surface area contributed by atoms with Gasteiger partial charge in [0.05, 0.1) is 0 Å². The average molecular weight is 244 g/mol. The summed E-state index contributed by atoms with van der Waals surface area (Å²) < 4.78 is 0. The Morgan fingerprint density at radius 2 is 1.16 bits per heavy atom. The molecule has 0 aromatic heterocycles. The van der Waals surface area contributed by atoms with Gasteiger partial charge in [0.15, 0.2) is 0 Å². The van der Waals surface area contributed by atoms with Crippen LogP contribution in [0.5, 0.6) is 5.75 Å². The number of aromatic hydroxyl groups is 1. The highest BCUT2D eigenvalue weighted by Gasteiger charge is 2.03. The lowest BCUT2D eigenvalue weighted by atomic mass is 9.98. The second kappa shape index (κ2) is 3.72. The lowest BCUT2D eigenvalue weighted by Crippen LogP contribution is -1.79. The second-order valence-corrected chi connectivity index (χ2v) is 4.89. The topological polar surface area (TPSA) is 20.2 Å². The van der Waals surface area contributed by atoms with E-state index < -0.39 is 0 Å². The fourth-order valence-corrected chi connectivity index (χ4v) is 2.73. The summed E-state index contributed by atoms with van der Waals surface area (Å²) in [5.74, 6) is 0.313. The Bertz CT molecular complexity index is 922. The molecule has 0 heterocycles. The average Bonchev–Trinajstić information content (AvgIpc) is 2.45. The lowest BCUT2D eigenvalue weighted by molar-refractivity contribution is 0.476. The predicted octanol–water partition coefficient (Wildman–Crippen LogP) is 4.85. The monoisotopic (exact) mass is 244 g/mol. The van der Waals surface area contributed by atoms with Crippen LogP contribution in [0.25, 0.3) is 32.3 Å². The van der Waals surface area contributed by atoms with Crippen molar-refractivity contribution in [2.75, 3.05) is 0 Å². The number of fused-ring (bicyclic) bond motifs is 4. The molecule has 0 atom stereocenters. The maximum absolute atomic E-state index is 9.70. The quantitative estimate of drug-likeness (QED) is 0.346. The van der Waals surface area contributed by atoms with Crippen LogP contribution in [0, 0.1) is 0 Å². The first-order chi connectivity index (χ1) is 9.31. The highest BCUT2D eigenvalue weighted by molar-refractivity contribution is 6.12. The molecule has 0 aliphatic carbocycles. The minimum atomic E-state index is 0.313. The van der Waals surface area contributed by atoms with E-state index in [2.05, 4.69) is 48.5 Å². The number of benzene rings is 4. The van der Waals surface area contributed by atoms with Crippen molar-refractivity contribution in [1.82, 2.24) is 0 Å². The zero-order valence-electron chi connectivity index (χ0n) is 10.3. The summed E-state index contributed by atoms with van der Waals surface area (Å²) in [6.07, 6.45) is 0. The van der Waals surface area contributed by atoms with E-state index in [9.17, 15) is 5.11 Å². The first kappa shape index (κ1) is 10.4. The third-order valence-corrected chi connectivity index (χ3v) is 3.69. The number of hydrogen-bond donors (Lipinski definition) is 1. The Balaban J connectivity index is 2.25. The van der Waals surface area contributed by atoms with Crippen LogP contribution < -0.4 is 0 Å². The van der Waals surface area contributed by atoms with E-state index in [0.29, 0.717) is 5.75 Å². The highest BCUT2D eigenvalue weighted by Crippen LogP contribution is 2.31. The van der Waals surface area contributed by atoms with Gasteiger partial charge >= 0.3 is 0 Å². The predicted molar refractivity (Wildman–Crippen MR) is 80.6 cm³/mol. The van der Waals surface area contributed by atoms with Gasteiger partial charge in [-0.3, -0.25) is 0 Å². The lowest BCUT2D eigenvalue weighted by Gasteiger charge is -2.06. The van der Waals surface area contributed by atoms with Crippen molar-refractivity contribution < 1.29 is 5.11 Å². The van der Waals surface area contributed by atoms with E-state index in [-0.39, 0.29) is 0 Å². The van der Waals surface area contributed by atoms with Gasteiger partial charge in [-0.1, -0.05) is 42.5 Å². The molecule has 0 fully saturated rings. The molecule has 90 valence electrons. The molecular formula is C18H12O. The number of hydrogen-bond acceptors (Lipinski definition) is 1. The molecule has 1 heteroatoms. The van der Waals surface area contributed by atoms with Crippen molar-refractivity contribution in [3.63, 3.8) is 0 Å². The maximum Gasteiger partial charge on any atom is 0.116 e. The van der Waals surface area contributed by atoms with E-state index in [1.54, 1.807) is 6.07 Å². The fraction of sp³-hybridized carbons (Fsp3) is 0. The third-order valence-electron chi connectivity index (χ3n) is 3.69. The van der Waals surface area contributed by atoms with Crippen molar-refractivity contribution in [3.05, 3.63) is 66.7 Å². The van der Waals surface area contributed by atoms with Crippen molar-refractivity contribution in [2.24, 2.45) is 0 Å². The molecule has 0 amide bonds. The summed E-state index contributed by atoms with van der Waals surface area (Å²) in [5, 5.41) is 16.8. The number of phenolic OH excluding ortho intramolecular Hbond substituents is 1. The molecule has 0 saturated carbocycles. The van der Waals surface area contributed by atoms with Gasteiger partial charge in [0.25, 0.3) is 0 Å². The largest absolute Gasteiger partial charge is 0.508 e. The summed E-state index contributed by atoms with van der Waals surface area (Å²) >= 11 is 0. The van der Waals surface area contributed by atoms with E-state index in [0.717, 1.165) is 10.8 Å². The first-order valence-electron chi connectivity index (χ1n) is 6.35. The van der Waals surface area contributed by atoms with Gasteiger partial charge in [-0.05, 0) is 56.6 Å². The Morgan fingerprint density at radius 1 is 0.526 bits per heavy atom. The van der Waals surface area contributed by atoms with Gasteiger partial charge in [-0.2, -0.15) is 0 Å². The Morgan fingerprint density at radius 3 is 2.00 bits per heavy atom. The van der Waals surface area contributed by atoms with E-state index in [4.69, 9.17) is 0 Å². The van der Waals surface area contributed by atoms with Crippen LogP contribution in [0.2, 0.25) is 0 Å². The molecule has 0 unspecified atom stereocenters. The van der Waals surface area contributed by atoms with Crippen molar-refractivity contribution in [2.45, 2.75) is 0 Å². The Hall–Kier alpha value is -2.54. The molecule has 0 saturated heterocycles. The van der Waals surface area contributed by atoms with Gasteiger partial charge in [0.1, 0.15) is 5.75 Å². The summed E-state index contributed by atoms with van der Waals surface area (Å²) in [6.45, 7) is 0. The van der Waals surface area contributed by atoms with Gasteiger partial charge < -0.3 is 5.11 Å². The smallest absolute Gasteiger partial charge is 0.116 e. The van der Waals surface area contributed by atoms with Crippen molar-refractivity contribution in [1.29, 1.82) is 0 Å². The normalized spacial score (nSPS) is 11.4. The van der Waals surface area contributed by atoms with Crippen LogP contribution in [-0.4, -0.2) is 5.11 Å². The van der Waals surface area contributed by atoms with Crippen LogP contribution in [-0.2, 0) is 0 Å². The van der Waals surface area contributed by atoms with Crippen LogP contribution >= 0.6 is 0 Å². The summed E-state index contributed by atoms with van der Waals surface area (Å²) in [4.78, 5) is 0. The van der Waals surface area contributed by atoms with Crippen LogP contribution in [0.4, 0.5) is 0 Å². The third kappa shape index (κ3) is 1.55. The maximum atomic E-state index is 9.70. The second-order valence-electron chi connectivity index (χ2n) is 4.89. The van der Waals surface area contributed by atoms with Crippen molar-refractivity contribution >= 4 is 32.3 Å². The van der Waals surface area contributed by atoms with Gasteiger partial charge in [-0.25, -0.2) is 0 Å². The molecule has 1 nitrogen and oxygen atoms in total. The minimum Gasteiger partial charge on any atom is -0.508 e. The highest BCUT2D eigenvalue weighted by atomic mass is 16.3. The molecule has 4 aromatic rings. The van der Waals surface area contributed by atoms with Crippen molar-refractivity contribution in [3.8, 4) is 5.75 Å². The minimum absolute atomic E-state index is 0.313. The molecular weight excluding hydrogens is 232 g/mol. The fourth-order valence-electron chi connectivity index (χ4n) is 2.73. The summed E-state index contributed by atoms with van der Waals surface area (Å²) in [6, 6.07) is 22.5. The van der Waals surface area contributed by atoms with Gasteiger partial charge in [0, 0.05) is 0 Å². The molecule has 1 N–H and O–H groups in total. The molecule has 0 aliphatic heterocycles. The molecule has 4 rings (SSSR count). The number of rotatable bonds is 0. The molecule has 0 spiro atoms. The molecule has 0 aliphatic rings. The van der Waals surface area contributed by atoms with Crippen LogP contribution in [0.15, 0.2) is 66.7 Å². The van der Waals surface area contributed by atoms with E-state index >= 15 is 0 Å². The molecule has 0 bridgehead atoms. The standard InChI is InChI=1S/C18H12O/c19-16-8-7-12-5-6-15-9-13-3-1-2-4-14(13)10-17(15)18(12)11-16/h1-11,19H. The van der Waals surface area contributed by atoms with Gasteiger partial charge in [-0.15, -0.1) is 0 Å². The zero-order chi connectivity index (χ0) is 12.8. The molecule has 0 radical (unpaired) electrons. The summed E-state index contributed by atoms with van der Waals surface area (Å²) in [5.41, 5.74) is 0. The molecule has 19 heavy (non-hydrogen) atoms. The SMILES string of the molecule is Oc1ccc2ccc3cc4ccccc4cc3c2c1. The Kier molecular flexibility index (Phi) is 2.04. The van der Waals surface area contributed by atoms with Gasteiger partial charge in [0.2, 0.25) is 0 Å².